The van der Waals surface area contributed by atoms with E-state index in [1.807, 2.05) is 48.6 Å². The fraction of sp³-hybridized carbons (Fsp3) is 0.474. The molecule has 2 aromatic rings. The highest BCUT2D eigenvalue weighted by Crippen LogP contribution is 2.29. The van der Waals surface area contributed by atoms with Gasteiger partial charge in [0.2, 0.25) is 0 Å². The normalized spacial score (nSPS) is 20.8. The average Bonchev–Trinajstić information content (AvgIpc) is 3.15. The van der Waals surface area contributed by atoms with Gasteiger partial charge in [0.25, 0.3) is 5.91 Å². The average molecular weight is 340 g/mol. The van der Waals surface area contributed by atoms with E-state index < -0.39 is 0 Å². The Labute approximate surface area is 148 Å². The summed E-state index contributed by atoms with van der Waals surface area (Å²) in [6, 6.07) is 7.93. The van der Waals surface area contributed by atoms with Crippen LogP contribution in [0.5, 0.6) is 5.75 Å². The highest BCUT2D eigenvalue weighted by molar-refractivity contribution is 5.82. The Morgan fingerprint density at radius 1 is 1.24 bits per heavy atom. The van der Waals surface area contributed by atoms with Crippen molar-refractivity contribution in [2.24, 2.45) is 7.05 Å². The van der Waals surface area contributed by atoms with E-state index in [2.05, 4.69) is 14.5 Å². The summed E-state index contributed by atoms with van der Waals surface area (Å²) < 4.78 is 7.93. The van der Waals surface area contributed by atoms with Crippen LogP contribution in [-0.4, -0.2) is 57.5 Å². The van der Waals surface area contributed by atoms with Crippen molar-refractivity contribution in [3.63, 3.8) is 0 Å². The number of carbonyl (C=O) groups is 1. The van der Waals surface area contributed by atoms with Gasteiger partial charge in [0.05, 0.1) is 6.54 Å². The van der Waals surface area contributed by atoms with Crippen LogP contribution in [0.2, 0.25) is 0 Å². The van der Waals surface area contributed by atoms with Gasteiger partial charge in [0.1, 0.15) is 11.6 Å². The van der Waals surface area contributed by atoms with Gasteiger partial charge >= 0.3 is 0 Å². The maximum Gasteiger partial charge on any atom is 0.264 e. The Morgan fingerprint density at radius 3 is 2.92 bits per heavy atom. The molecule has 1 unspecified atom stereocenters. The number of aromatic nitrogens is 2. The molecule has 0 radical (unpaired) electrons. The number of amides is 1. The summed E-state index contributed by atoms with van der Waals surface area (Å²) in [5.74, 6) is 2.04. The van der Waals surface area contributed by atoms with Gasteiger partial charge in [-0.15, -0.1) is 0 Å². The van der Waals surface area contributed by atoms with Crippen LogP contribution >= 0.6 is 0 Å². The Bertz CT molecular complexity index is 732. The number of fused-ring (bicyclic) bond motifs is 1. The van der Waals surface area contributed by atoms with Gasteiger partial charge < -0.3 is 14.2 Å². The largest absolute Gasteiger partial charge is 0.480 e. The van der Waals surface area contributed by atoms with Gasteiger partial charge in [0.15, 0.2) is 6.10 Å². The first-order chi connectivity index (χ1) is 12.2. The lowest BCUT2D eigenvalue weighted by atomic mass is 10.1. The van der Waals surface area contributed by atoms with Crippen LogP contribution < -0.4 is 4.74 Å². The van der Waals surface area contributed by atoms with E-state index in [0.29, 0.717) is 6.42 Å². The minimum absolute atomic E-state index is 0.120. The quantitative estimate of drug-likeness (QED) is 0.849. The number of para-hydroxylation sites is 1. The zero-order valence-corrected chi connectivity index (χ0v) is 14.6. The molecule has 1 saturated heterocycles. The molecule has 1 atom stereocenters. The van der Waals surface area contributed by atoms with Crippen molar-refractivity contribution in [2.45, 2.75) is 25.5 Å². The second-order valence-electron chi connectivity index (χ2n) is 6.83. The predicted molar refractivity (Wildman–Crippen MR) is 94.2 cm³/mol. The van der Waals surface area contributed by atoms with E-state index in [1.165, 1.54) is 0 Å². The summed E-state index contributed by atoms with van der Waals surface area (Å²) in [6.07, 6.45) is 5.10. The van der Waals surface area contributed by atoms with E-state index in [0.717, 1.165) is 56.3 Å². The smallest absolute Gasteiger partial charge is 0.264 e. The number of imidazole rings is 1. The second-order valence-corrected chi connectivity index (χ2v) is 6.83. The lowest BCUT2D eigenvalue weighted by Crippen LogP contribution is -2.43. The van der Waals surface area contributed by atoms with Crippen molar-refractivity contribution in [1.82, 2.24) is 19.4 Å². The molecule has 1 aromatic carbocycles. The molecule has 25 heavy (non-hydrogen) atoms. The van der Waals surface area contributed by atoms with E-state index in [1.54, 1.807) is 0 Å². The molecule has 0 bridgehead atoms. The zero-order chi connectivity index (χ0) is 17.2. The third kappa shape index (κ3) is 3.39. The van der Waals surface area contributed by atoms with Crippen molar-refractivity contribution in [1.29, 1.82) is 0 Å². The lowest BCUT2D eigenvalue weighted by molar-refractivity contribution is -0.137. The van der Waals surface area contributed by atoms with Gasteiger partial charge in [0, 0.05) is 52.0 Å². The fourth-order valence-corrected chi connectivity index (χ4v) is 3.62. The van der Waals surface area contributed by atoms with Crippen LogP contribution in [-0.2, 0) is 24.8 Å². The fourth-order valence-electron chi connectivity index (χ4n) is 3.62. The monoisotopic (exact) mass is 340 g/mol. The van der Waals surface area contributed by atoms with Crippen LogP contribution in [0.4, 0.5) is 0 Å². The van der Waals surface area contributed by atoms with E-state index in [-0.39, 0.29) is 12.0 Å². The van der Waals surface area contributed by atoms with Crippen molar-refractivity contribution < 1.29 is 9.53 Å². The summed E-state index contributed by atoms with van der Waals surface area (Å²) in [4.78, 5) is 21.6. The van der Waals surface area contributed by atoms with Crippen molar-refractivity contribution >= 4 is 5.91 Å². The maximum atomic E-state index is 12.9. The molecular weight excluding hydrogens is 316 g/mol. The van der Waals surface area contributed by atoms with Crippen LogP contribution in [0.25, 0.3) is 0 Å². The van der Waals surface area contributed by atoms with Gasteiger partial charge in [-0.1, -0.05) is 18.2 Å². The Balaban J connectivity index is 1.35. The molecular formula is C19H24N4O2. The van der Waals surface area contributed by atoms with Gasteiger partial charge in [-0.3, -0.25) is 9.69 Å². The molecule has 6 heteroatoms. The maximum absolute atomic E-state index is 12.9. The Hall–Kier alpha value is -2.34. The van der Waals surface area contributed by atoms with Crippen molar-refractivity contribution in [3.8, 4) is 5.75 Å². The lowest BCUT2D eigenvalue weighted by Gasteiger charge is -2.24. The number of ether oxygens (including phenoxy) is 1. The summed E-state index contributed by atoms with van der Waals surface area (Å²) in [6.45, 7) is 4.24. The number of hydrogen-bond donors (Lipinski definition) is 0. The molecule has 1 aromatic heterocycles. The topological polar surface area (TPSA) is 50.6 Å². The Kier molecular flexibility index (Phi) is 4.44. The molecule has 2 aliphatic rings. The van der Waals surface area contributed by atoms with Gasteiger partial charge in [-0.05, 0) is 18.1 Å². The number of aryl methyl sites for hydroxylation is 1. The third-order valence-corrected chi connectivity index (χ3v) is 5.11. The zero-order valence-electron chi connectivity index (χ0n) is 14.6. The molecule has 6 nitrogen and oxygen atoms in total. The van der Waals surface area contributed by atoms with E-state index in [4.69, 9.17) is 4.74 Å². The molecule has 0 N–H and O–H groups in total. The van der Waals surface area contributed by atoms with Crippen LogP contribution in [0.1, 0.15) is 17.8 Å². The molecule has 1 amide bonds. The first-order valence-electron chi connectivity index (χ1n) is 8.92. The Morgan fingerprint density at radius 2 is 2.12 bits per heavy atom. The van der Waals surface area contributed by atoms with Crippen LogP contribution in [0.3, 0.4) is 0 Å². The number of nitrogens with zero attached hydrogens (tertiary/aromatic N) is 4. The summed E-state index contributed by atoms with van der Waals surface area (Å²) >= 11 is 0. The molecule has 132 valence electrons. The minimum Gasteiger partial charge on any atom is -0.480 e. The minimum atomic E-state index is -0.363. The first-order valence-corrected chi connectivity index (χ1v) is 8.92. The molecule has 4 rings (SSSR count). The number of hydrogen-bond acceptors (Lipinski definition) is 4. The third-order valence-electron chi connectivity index (χ3n) is 5.11. The van der Waals surface area contributed by atoms with Gasteiger partial charge in [-0.25, -0.2) is 4.98 Å². The molecule has 2 aliphatic heterocycles. The summed E-state index contributed by atoms with van der Waals surface area (Å²) in [5, 5.41) is 0. The van der Waals surface area contributed by atoms with Crippen LogP contribution in [0, 0.1) is 0 Å². The first kappa shape index (κ1) is 16.1. The number of benzene rings is 1. The standard InChI is InChI=1S/C19H24N4O2/c1-21-10-7-20-18(21)14-22-8-4-9-23(12-11-22)19(24)17-13-15-5-2-3-6-16(15)25-17/h2-3,5-7,10,17H,4,8-9,11-14H2,1H3. The SMILES string of the molecule is Cn1ccnc1CN1CCCN(C(=O)C2Cc3ccccc3O2)CC1. The molecule has 1 fully saturated rings. The highest BCUT2D eigenvalue weighted by atomic mass is 16.5. The highest BCUT2D eigenvalue weighted by Gasteiger charge is 2.32. The number of carbonyl (C=O) groups excluding carboxylic acids is 1. The summed E-state index contributed by atoms with van der Waals surface area (Å²) in [5.41, 5.74) is 1.13. The molecule has 3 heterocycles. The molecule has 0 saturated carbocycles. The van der Waals surface area contributed by atoms with E-state index in [9.17, 15) is 4.79 Å². The second kappa shape index (κ2) is 6.88. The predicted octanol–water partition coefficient (Wildman–Crippen LogP) is 1.46. The van der Waals surface area contributed by atoms with Crippen LogP contribution in [0.15, 0.2) is 36.7 Å². The van der Waals surface area contributed by atoms with E-state index >= 15 is 0 Å². The molecule has 0 aliphatic carbocycles. The number of rotatable bonds is 3. The van der Waals surface area contributed by atoms with Crippen molar-refractivity contribution in [3.05, 3.63) is 48.0 Å². The molecule has 0 spiro atoms. The van der Waals surface area contributed by atoms with Gasteiger partial charge in [-0.2, -0.15) is 0 Å². The summed E-state index contributed by atoms with van der Waals surface area (Å²) in [7, 11) is 2.02. The van der Waals surface area contributed by atoms with Crippen molar-refractivity contribution in [2.75, 3.05) is 26.2 Å².